The molecule has 0 atom stereocenters. The molecule has 1 aromatic heterocycles. The Morgan fingerprint density at radius 1 is 1.06 bits per heavy atom. The van der Waals surface area contributed by atoms with Gasteiger partial charge in [-0.25, -0.2) is 4.79 Å². The van der Waals surface area contributed by atoms with Gasteiger partial charge in [0, 0.05) is 18.8 Å². The second-order valence-electron chi connectivity index (χ2n) is 8.67. The lowest BCUT2D eigenvalue weighted by Crippen LogP contribution is -2.39. The number of methoxy groups -OCH3 is 1. The summed E-state index contributed by atoms with van der Waals surface area (Å²) in [6.45, 7) is 1.35. The molecule has 8 nitrogen and oxygen atoms in total. The molecule has 0 unspecified atom stereocenters. The zero-order valence-corrected chi connectivity index (χ0v) is 18.7. The zero-order chi connectivity index (χ0) is 22.9. The van der Waals surface area contributed by atoms with Crippen LogP contribution in [0.3, 0.4) is 0 Å². The van der Waals surface area contributed by atoms with Crippen LogP contribution < -0.4 is 15.8 Å². The summed E-state index contributed by atoms with van der Waals surface area (Å²) in [6, 6.07) is 8.86. The molecule has 0 bridgehead atoms. The van der Waals surface area contributed by atoms with Crippen molar-refractivity contribution in [3.8, 4) is 5.75 Å². The Kier molecular flexibility index (Phi) is 5.66. The second-order valence-corrected chi connectivity index (χ2v) is 8.67. The highest BCUT2D eigenvalue weighted by molar-refractivity contribution is 6.08. The highest BCUT2D eigenvalue weighted by Crippen LogP contribution is 2.32. The third kappa shape index (κ3) is 4.01. The number of anilines is 1. The molecule has 0 radical (unpaired) electrons. The molecule has 2 aromatic carbocycles. The summed E-state index contributed by atoms with van der Waals surface area (Å²) in [7, 11) is 1.56. The molecule has 1 saturated heterocycles. The highest BCUT2D eigenvalue weighted by atomic mass is 16.5. The smallest absolute Gasteiger partial charge is 0.420 e. The quantitative estimate of drug-likeness (QED) is 0.645. The maximum atomic E-state index is 13.2. The van der Waals surface area contributed by atoms with Gasteiger partial charge in [0.25, 0.3) is 5.91 Å². The van der Waals surface area contributed by atoms with E-state index in [1.807, 2.05) is 12.1 Å². The lowest BCUT2D eigenvalue weighted by molar-refractivity contribution is -0.132. The van der Waals surface area contributed by atoms with Gasteiger partial charge in [-0.3, -0.25) is 14.2 Å². The number of rotatable bonds is 5. The van der Waals surface area contributed by atoms with Crippen molar-refractivity contribution in [3.63, 3.8) is 0 Å². The Bertz CT molecular complexity index is 1280. The van der Waals surface area contributed by atoms with Crippen LogP contribution in [0.25, 0.3) is 11.1 Å². The monoisotopic (exact) mass is 449 g/mol. The number of ether oxygens (including phenoxy) is 1. The van der Waals surface area contributed by atoms with E-state index < -0.39 is 5.76 Å². The van der Waals surface area contributed by atoms with Gasteiger partial charge in [0.05, 0.1) is 18.2 Å². The minimum atomic E-state index is -0.582. The fourth-order valence-electron chi connectivity index (χ4n) is 4.93. The number of piperidine rings is 1. The molecule has 0 spiro atoms. The van der Waals surface area contributed by atoms with Crippen LogP contribution >= 0.6 is 0 Å². The van der Waals surface area contributed by atoms with Crippen LogP contribution in [-0.2, 0) is 24.2 Å². The third-order valence-electron chi connectivity index (χ3n) is 6.62. The number of amides is 2. The number of nitrogens with one attached hydrogen (secondary N) is 1. The lowest BCUT2D eigenvalue weighted by atomic mass is 10.0. The average Bonchev–Trinajstić information content (AvgIpc) is 3.43. The number of hydrogen-bond donors (Lipinski definition) is 1. The summed E-state index contributed by atoms with van der Waals surface area (Å²) in [6.07, 6.45) is 5.90. The minimum Gasteiger partial charge on any atom is -0.496 e. The topological polar surface area (TPSA) is 93.8 Å². The van der Waals surface area contributed by atoms with E-state index in [1.165, 1.54) is 10.1 Å². The van der Waals surface area contributed by atoms with E-state index in [0.717, 1.165) is 44.1 Å². The van der Waals surface area contributed by atoms with Gasteiger partial charge in [-0.15, -0.1) is 0 Å². The van der Waals surface area contributed by atoms with Gasteiger partial charge in [-0.1, -0.05) is 6.07 Å². The molecule has 1 aliphatic heterocycles. The molecule has 2 heterocycles. The first-order valence-corrected chi connectivity index (χ1v) is 11.5. The van der Waals surface area contributed by atoms with Gasteiger partial charge in [-0.2, -0.15) is 0 Å². The molecule has 1 fully saturated rings. The number of nitrogens with zero attached hydrogens (tertiary/aromatic N) is 2. The van der Waals surface area contributed by atoms with E-state index in [2.05, 4.69) is 5.32 Å². The predicted molar refractivity (Wildman–Crippen MR) is 124 cm³/mol. The highest BCUT2D eigenvalue weighted by Gasteiger charge is 2.24. The Balaban J connectivity index is 1.43. The number of likely N-dealkylation sites (tertiary alicyclic amines) is 1. The SMILES string of the molecule is COc1ccc2c(c1C(=O)Nc1ccc3oc(=O)n(CC(=O)N4CCCCC4)c3c1)CCC2. The van der Waals surface area contributed by atoms with E-state index in [4.69, 9.17) is 9.15 Å². The van der Waals surface area contributed by atoms with Crippen LogP contribution in [-0.4, -0.2) is 41.5 Å². The minimum absolute atomic E-state index is 0.0801. The average molecular weight is 450 g/mol. The summed E-state index contributed by atoms with van der Waals surface area (Å²) in [5.74, 6) is -0.395. The summed E-state index contributed by atoms with van der Waals surface area (Å²) in [4.78, 5) is 40.2. The van der Waals surface area contributed by atoms with Gasteiger partial charge in [0.2, 0.25) is 5.91 Å². The zero-order valence-electron chi connectivity index (χ0n) is 18.7. The van der Waals surface area contributed by atoms with Gasteiger partial charge >= 0.3 is 5.76 Å². The Hall–Kier alpha value is -3.55. The van der Waals surface area contributed by atoms with Gasteiger partial charge in [0.1, 0.15) is 12.3 Å². The van der Waals surface area contributed by atoms with E-state index in [-0.39, 0.29) is 18.4 Å². The van der Waals surface area contributed by atoms with Crippen molar-refractivity contribution in [1.29, 1.82) is 0 Å². The second kappa shape index (κ2) is 8.77. The number of carbonyl (C=O) groups is 2. The van der Waals surface area contributed by atoms with E-state index in [9.17, 15) is 14.4 Å². The summed E-state index contributed by atoms with van der Waals surface area (Å²) < 4.78 is 12.1. The summed E-state index contributed by atoms with van der Waals surface area (Å²) in [5, 5.41) is 2.94. The first kappa shape index (κ1) is 21.3. The first-order valence-electron chi connectivity index (χ1n) is 11.5. The Morgan fingerprint density at radius 3 is 2.67 bits per heavy atom. The van der Waals surface area contributed by atoms with Crippen LogP contribution in [0.5, 0.6) is 5.75 Å². The number of fused-ring (bicyclic) bond motifs is 2. The van der Waals surface area contributed by atoms with Crippen molar-refractivity contribution < 1.29 is 18.7 Å². The Labute approximate surface area is 191 Å². The fourth-order valence-corrected chi connectivity index (χ4v) is 4.93. The van der Waals surface area contributed by atoms with Crippen LogP contribution in [0.2, 0.25) is 0 Å². The van der Waals surface area contributed by atoms with Crippen molar-refractivity contribution in [3.05, 3.63) is 57.6 Å². The lowest BCUT2D eigenvalue weighted by Gasteiger charge is -2.26. The van der Waals surface area contributed by atoms with Crippen LogP contribution in [0, 0.1) is 0 Å². The molecule has 1 aliphatic carbocycles. The van der Waals surface area contributed by atoms with Crippen LogP contribution in [0.1, 0.15) is 47.2 Å². The normalized spacial score (nSPS) is 15.5. The summed E-state index contributed by atoms with van der Waals surface area (Å²) >= 11 is 0. The number of oxazole rings is 1. The number of hydrogen-bond acceptors (Lipinski definition) is 5. The van der Waals surface area contributed by atoms with Crippen molar-refractivity contribution in [2.24, 2.45) is 0 Å². The number of carbonyl (C=O) groups excluding carboxylic acids is 2. The molecule has 8 heteroatoms. The standard InChI is InChI=1S/C25H27N3O5/c1-32-21-10-8-16-6-5-7-18(16)23(21)24(30)26-17-9-11-20-19(14-17)28(25(31)33-20)15-22(29)27-12-3-2-4-13-27/h8-11,14H,2-7,12-13,15H2,1H3,(H,26,30). The summed E-state index contributed by atoms with van der Waals surface area (Å²) in [5.41, 5.74) is 4.13. The van der Waals surface area contributed by atoms with Crippen LogP contribution in [0.15, 0.2) is 39.5 Å². The van der Waals surface area contributed by atoms with E-state index in [1.54, 1.807) is 30.2 Å². The van der Waals surface area contributed by atoms with Gasteiger partial charge in [0.15, 0.2) is 5.58 Å². The fraction of sp³-hybridized carbons (Fsp3) is 0.400. The first-order chi connectivity index (χ1) is 16.0. The van der Waals surface area contributed by atoms with Crippen molar-refractivity contribution in [2.45, 2.75) is 45.1 Å². The van der Waals surface area contributed by atoms with Crippen molar-refractivity contribution in [1.82, 2.24) is 9.47 Å². The molecule has 2 aliphatic rings. The molecular weight excluding hydrogens is 422 g/mol. The maximum Gasteiger partial charge on any atom is 0.420 e. The van der Waals surface area contributed by atoms with Crippen molar-refractivity contribution in [2.75, 3.05) is 25.5 Å². The molecule has 5 rings (SSSR count). The molecule has 2 amide bonds. The maximum absolute atomic E-state index is 13.2. The molecule has 1 N–H and O–H groups in total. The predicted octanol–water partition coefficient (Wildman–Crippen LogP) is 3.36. The van der Waals surface area contributed by atoms with Crippen LogP contribution in [0.4, 0.5) is 5.69 Å². The molecular formula is C25H27N3O5. The van der Waals surface area contributed by atoms with Crippen molar-refractivity contribution >= 4 is 28.6 Å². The molecule has 33 heavy (non-hydrogen) atoms. The number of aryl methyl sites for hydroxylation is 1. The molecule has 0 saturated carbocycles. The number of benzene rings is 2. The molecule has 172 valence electrons. The molecule has 3 aromatic rings. The van der Waals surface area contributed by atoms with E-state index in [0.29, 0.717) is 41.2 Å². The third-order valence-corrected chi connectivity index (χ3v) is 6.62. The Morgan fingerprint density at radius 2 is 1.88 bits per heavy atom. The largest absolute Gasteiger partial charge is 0.496 e. The van der Waals surface area contributed by atoms with Gasteiger partial charge in [-0.05, 0) is 73.9 Å². The van der Waals surface area contributed by atoms with Gasteiger partial charge < -0.3 is 19.4 Å². The van der Waals surface area contributed by atoms with E-state index >= 15 is 0 Å². The number of aromatic nitrogens is 1.